The summed E-state index contributed by atoms with van der Waals surface area (Å²) >= 11 is 4.25. The zero-order valence-corrected chi connectivity index (χ0v) is 11.4. The number of rotatable bonds is 2. The minimum atomic E-state index is 0.768. The van der Waals surface area contributed by atoms with E-state index in [-0.39, 0.29) is 0 Å². The Bertz CT molecular complexity index is 501. The smallest absolute Gasteiger partial charge is 0.0542 e. The van der Waals surface area contributed by atoms with Gasteiger partial charge in [-0.2, -0.15) is 0 Å². The molecule has 0 spiro atoms. The van der Waals surface area contributed by atoms with Crippen LogP contribution in [0.5, 0.6) is 0 Å². The molecule has 0 bridgehead atoms. The van der Waals surface area contributed by atoms with Crippen LogP contribution in [0.1, 0.15) is 12.0 Å². The zero-order chi connectivity index (χ0) is 11.5. The molecule has 1 aliphatic rings. The summed E-state index contributed by atoms with van der Waals surface area (Å²) in [5.41, 5.74) is 1.48. The number of benzene rings is 2. The fourth-order valence-corrected chi connectivity index (χ4v) is 5.13. The van der Waals surface area contributed by atoms with E-state index in [1.54, 1.807) is 0 Å². The second-order valence-corrected chi connectivity index (χ2v) is 7.33. The van der Waals surface area contributed by atoms with Crippen molar-refractivity contribution in [3.05, 3.63) is 48.0 Å². The molecule has 0 radical (unpaired) electrons. The van der Waals surface area contributed by atoms with Gasteiger partial charge in [-0.05, 0) is 40.7 Å². The van der Waals surface area contributed by atoms with E-state index in [0.29, 0.717) is 0 Å². The summed E-state index contributed by atoms with van der Waals surface area (Å²) in [6.45, 7) is 0. The van der Waals surface area contributed by atoms with Crippen molar-refractivity contribution in [2.75, 3.05) is 11.5 Å². The molecule has 1 fully saturated rings. The molecule has 0 aliphatic carbocycles. The Balaban J connectivity index is 1.80. The molecular weight excluding hydrogens is 244 g/mol. The molecule has 1 aliphatic heterocycles. The van der Waals surface area contributed by atoms with Gasteiger partial charge >= 0.3 is 0 Å². The van der Waals surface area contributed by atoms with Crippen LogP contribution in [0.2, 0.25) is 0 Å². The van der Waals surface area contributed by atoms with Crippen LogP contribution in [0.4, 0.5) is 0 Å². The normalized spacial score (nSPS) is 17.4. The Morgan fingerprint density at radius 3 is 2.53 bits per heavy atom. The van der Waals surface area contributed by atoms with Crippen molar-refractivity contribution < 1.29 is 0 Å². The van der Waals surface area contributed by atoms with Gasteiger partial charge in [0.1, 0.15) is 0 Å². The largest absolute Gasteiger partial charge is 0.147 e. The van der Waals surface area contributed by atoms with Crippen LogP contribution < -0.4 is 0 Å². The van der Waals surface area contributed by atoms with E-state index in [1.807, 2.05) is 0 Å². The van der Waals surface area contributed by atoms with Crippen molar-refractivity contribution >= 4 is 34.3 Å². The minimum absolute atomic E-state index is 0.768. The topological polar surface area (TPSA) is 0 Å². The molecule has 2 aromatic carbocycles. The number of hydrogen-bond acceptors (Lipinski definition) is 2. The molecule has 1 heterocycles. The summed E-state index contributed by atoms with van der Waals surface area (Å²) in [4.78, 5) is 0. The van der Waals surface area contributed by atoms with Gasteiger partial charge in [-0.15, -0.1) is 23.5 Å². The first-order valence-electron chi connectivity index (χ1n) is 6.13. The van der Waals surface area contributed by atoms with E-state index in [2.05, 4.69) is 66.0 Å². The van der Waals surface area contributed by atoms with Gasteiger partial charge in [-0.3, -0.25) is 0 Å². The fourth-order valence-electron chi connectivity index (χ4n) is 2.21. The lowest BCUT2D eigenvalue weighted by molar-refractivity contribution is 1.05. The van der Waals surface area contributed by atoms with E-state index < -0.39 is 0 Å². The van der Waals surface area contributed by atoms with E-state index in [1.165, 1.54) is 40.7 Å². The third-order valence-corrected chi connectivity index (χ3v) is 6.05. The molecule has 0 amide bonds. The number of thioether (sulfide) groups is 2. The third-order valence-electron chi connectivity index (χ3n) is 3.11. The SMILES string of the molecule is c1ccc2cc(CC3SCCCS3)ccc2c1. The van der Waals surface area contributed by atoms with Gasteiger partial charge in [0.05, 0.1) is 4.58 Å². The standard InChI is InChI=1S/C15H16S2/c1-2-5-14-10-12(6-7-13(14)4-1)11-15-16-8-3-9-17-15/h1-2,4-7,10,15H,3,8-9,11H2. The van der Waals surface area contributed by atoms with Crippen LogP contribution in [0.25, 0.3) is 10.8 Å². The molecule has 0 aromatic heterocycles. The Hall–Kier alpha value is -0.600. The van der Waals surface area contributed by atoms with Crippen molar-refractivity contribution in [3.63, 3.8) is 0 Å². The third kappa shape index (κ3) is 2.80. The Morgan fingerprint density at radius 1 is 0.941 bits per heavy atom. The fraction of sp³-hybridized carbons (Fsp3) is 0.333. The predicted molar refractivity (Wildman–Crippen MR) is 81.0 cm³/mol. The van der Waals surface area contributed by atoms with Crippen LogP contribution in [0, 0.1) is 0 Å². The maximum atomic E-state index is 2.35. The molecule has 1 saturated heterocycles. The summed E-state index contributed by atoms with van der Waals surface area (Å²) < 4.78 is 0.768. The zero-order valence-electron chi connectivity index (χ0n) is 9.76. The van der Waals surface area contributed by atoms with E-state index in [9.17, 15) is 0 Å². The highest BCUT2D eigenvalue weighted by Gasteiger charge is 2.14. The van der Waals surface area contributed by atoms with Gasteiger partial charge in [0.15, 0.2) is 0 Å². The van der Waals surface area contributed by atoms with E-state index >= 15 is 0 Å². The van der Waals surface area contributed by atoms with Crippen molar-refractivity contribution in [2.24, 2.45) is 0 Å². The Labute approximate surface area is 111 Å². The molecule has 0 saturated carbocycles. The van der Waals surface area contributed by atoms with Gasteiger partial charge in [0.2, 0.25) is 0 Å². The second-order valence-electron chi connectivity index (χ2n) is 4.41. The summed E-state index contributed by atoms with van der Waals surface area (Å²) in [7, 11) is 0. The summed E-state index contributed by atoms with van der Waals surface area (Å²) in [6.07, 6.45) is 2.59. The Morgan fingerprint density at radius 2 is 1.71 bits per heavy atom. The van der Waals surface area contributed by atoms with E-state index in [0.717, 1.165) is 4.58 Å². The first kappa shape index (κ1) is 11.5. The van der Waals surface area contributed by atoms with Gasteiger partial charge in [-0.1, -0.05) is 42.5 Å². The highest BCUT2D eigenvalue weighted by molar-refractivity contribution is 8.17. The van der Waals surface area contributed by atoms with Crippen molar-refractivity contribution in [3.8, 4) is 0 Å². The second kappa shape index (κ2) is 5.36. The lowest BCUT2D eigenvalue weighted by Gasteiger charge is -2.20. The first-order valence-corrected chi connectivity index (χ1v) is 8.22. The van der Waals surface area contributed by atoms with Crippen molar-refractivity contribution in [2.45, 2.75) is 17.4 Å². The summed E-state index contributed by atoms with van der Waals surface area (Å²) in [5, 5.41) is 2.72. The average Bonchev–Trinajstić information content (AvgIpc) is 2.40. The maximum Gasteiger partial charge on any atom is 0.0542 e. The molecule has 0 nitrogen and oxygen atoms in total. The minimum Gasteiger partial charge on any atom is -0.147 e. The van der Waals surface area contributed by atoms with E-state index in [4.69, 9.17) is 0 Å². The molecule has 0 atom stereocenters. The first-order chi connectivity index (χ1) is 8.42. The maximum absolute atomic E-state index is 2.35. The lowest BCUT2D eigenvalue weighted by atomic mass is 10.1. The number of hydrogen-bond donors (Lipinski definition) is 0. The lowest BCUT2D eigenvalue weighted by Crippen LogP contribution is -2.09. The monoisotopic (exact) mass is 260 g/mol. The number of fused-ring (bicyclic) bond motifs is 1. The van der Waals surface area contributed by atoms with Gasteiger partial charge < -0.3 is 0 Å². The van der Waals surface area contributed by atoms with Crippen LogP contribution in [0.15, 0.2) is 42.5 Å². The summed E-state index contributed by atoms with van der Waals surface area (Å²) in [6, 6.07) is 15.5. The predicted octanol–water partition coefficient (Wildman–Crippen LogP) is 4.58. The summed E-state index contributed by atoms with van der Waals surface area (Å²) in [5.74, 6) is 2.68. The molecule has 3 rings (SSSR count). The van der Waals surface area contributed by atoms with Gasteiger partial charge in [0, 0.05) is 0 Å². The highest BCUT2D eigenvalue weighted by atomic mass is 32.2. The Kier molecular flexibility index (Phi) is 3.62. The molecular formula is C15H16S2. The molecule has 0 N–H and O–H groups in total. The molecule has 2 aromatic rings. The van der Waals surface area contributed by atoms with Crippen LogP contribution in [0.3, 0.4) is 0 Å². The highest BCUT2D eigenvalue weighted by Crippen LogP contribution is 2.33. The van der Waals surface area contributed by atoms with Crippen LogP contribution in [-0.4, -0.2) is 16.1 Å². The van der Waals surface area contributed by atoms with Gasteiger partial charge in [0.25, 0.3) is 0 Å². The van der Waals surface area contributed by atoms with Gasteiger partial charge in [-0.25, -0.2) is 0 Å². The van der Waals surface area contributed by atoms with Crippen LogP contribution >= 0.6 is 23.5 Å². The molecule has 88 valence electrons. The van der Waals surface area contributed by atoms with Crippen molar-refractivity contribution in [1.29, 1.82) is 0 Å². The molecule has 17 heavy (non-hydrogen) atoms. The molecule has 0 unspecified atom stereocenters. The quantitative estimate of drug-likeness (QED) is 0.775. The average molecular weight is 260 g/mol. The molecule has 2 heteroatoms. The van der Waals surface area contributed by atoms with Crippen LogP contribution in [-0.2, 0) is 6.42 Å². The van der Waals surface area contributed by atoms with Crippen molar-refractivity contribution in [1.82, 2.24) is 0 Å².